The van der Waals surface area contributed by atoms with Crippen molar-refractivity contribution in [1.29, 1.82) is 0 Å². The molecule has 1 aliphatic rings. The van der Waals surface area contributed by atoms with Crippen LogP contribution in [0.1, 0.15) is 66.2 Å². The fourth-order valence-corrected chi connectivity index (χ4v) is 2.79. The lowest BCUT2D eigenvalue weighted by molar-refractivity contribution is 0.168. The van der Waals surface area contributed by atoms with E-state index < -0.39 is 0 Å². The van der Waals surface area contributed by atoms with Gasteiger partial charge in [0.25, 0.3) is 0 Å². The van der Waals surface area contributed by atoms with Crippen molar-refractivity contribution < 1.29 is 0 Å². The summed E-state index contributed by atoms with van der Waals surface area (Å²) >= 11 is 0. The first-order valence-electron chi connectivity index (χ1n) is 7.37. The smallest absolute Gasteiger partial charge is 0.00670 e. The SMILES string of the molecule is CCCN1CCC(C)CCC(C)CCC1C. The molecule has 16 heavy (non-hydrogen) atoms. The van der Waals surface area contributed by atoms with Gasteiger partial charge in [0.2, 0.25) is 0 Å². The molecule has 0 radical (unpaired) electrons. The molecule has 96 valence electrons. The van der Waals surface area contributed by atoms with Crippen LogP contribution in [0.3, 0.4) is 0 Å². The maximum Gasteiger partial charge on any atom is 0.00670 e. The molecule has 1 nitrogen and oxygen atoms in total. The number of rotatable bonds is 2. The summed E-state index contributed by atoms with van der Waals surface area (Å²) in [6.07, 6.45) is 8.41. The van der Waals surface area contributed by atoms with Crippen LogP contribution in [0.2, 0.25) is 0 Å². The van der Waals surface area contributed by atoms with Gasteiger partial charge in [-0.25, -0.2) is 0 Å². The van der Waals surface area contributed by atoms with Gasteiger partial charge in [-0.3, -0.25) is 0 Å². The second-order valence-electron chi connectivity index (χ2n) is 6.04. The predicted molar refractivity (Wildman–Crippen MR) is 72.7 cm³/mol. The second kappa shape index (κ2) is 7.32. The third-order valence-corrected chi connectivity index (χ3v) is 4.27. The van der Waals surface area contributed by atoms with Crippen LogP contribution in [-0.4, -0.2) is 24.0 Å². The average Bonchev–Trinajstić information content (AvgIpc) is 2.27. The Balaban J connectivity index is 2.50. The van der Waals surface area contributed by atoms with Crippen LogP contribution < -0.4 is 0 Å². The van der Waals surface area contributed by atoms with E-state index in [1.165, 1.54) is 51.6 Å². The molecule has 1 saturated heterocycles. The maximum atomic E-state index is 2.72. The van der Waals surface area contributed by atoms with Gasteiger partial charge in [0, 0.05) is 6.04 Å². The summed E-state index contributed by atoms with van der Waals surface area (Å²) in [5, 5.41) is 0. The van der Waals surface area contributed by atoms with E-state index in [4.69, 9.17) is 0 Å². The van der Waals surface area contributed by atoms with Crippen LogP contribution in [0, 0.1) is 11.8 Å². The van der Waals surface area contributed by atoms with Crippen molar-refractivity contribution in [3.05, 3.63) is 0 Å². The molecule has 1 aliphatic heterocycles. The van der Waals surface area contributed by atoms with Crippen molar-refractivity contribution in [3.63, 3.8) is 0 Å². The van der Waals surface area contributed by atoms with E-state index in [1.807, 2.05) is 0 Å². The van der Waals surface area contributed by atoms with Gasteiger partial charge in [0.05, 0.1) is 0 Å². The van der Waals surface area contributed by atoms with Gasteiger partial charge in [-0.15, -0.1) is 0 Å². The number of hydrogen-bond donors (Lipinski definition) is 0. The van der Waals surface area contributed by atoms with E-state index in [0.717, 1.165) is 17.9 Å². The molecule has 1 rings (SSSR count). The van der Waals surface area contributed by atoms with E-state index in [0.29, 0.717) is 0 Å². The lowest BCUT2D eigenvalue weighted by Gasteiger charge is -2.32. The summed E-state index contributed by atoms with van der Waals surface area (Å²) in [7, 11) is 0. The molecule has 0 bridgehead atoms. The molecule has 0 aromatic heterocycles. The Morgan fingerprint density at radius 3 is 2.06 bits per heavy atom. The van der Waals surface area contributed by atoms with Gasteiger partial charge in [-0.05, 0) is 57.5 Å². The minimum atomic E-state index is 0.799. The summed E-state index contributed by atoms with van der Waals surface area (Å²) < 4.78 is 0. The van der Waals surface area contributed by atoms with Crippen molar-refractivity contribution in [2.24, 2.45) is 11.8 Å². The molecule has 1 fully saturated rings. The van der Waals surface area contributed by atoms with Gasteiger partial charge in [0.15, 0.2) is 0 Å². The molecular weight excluding hydrogens is 194 g/mol. The molecular formula is C15H31N. The zero-order valence-corrected chi connectivity index (χ0v) is 11.8. The first-order valence-corrected chi connectivity index (χ1v) is 7.37. The lowest BCUT2D eigenvalue weighted by atomic mass is 9.90. The normalized spacial score (nSPS) is 34.9. The van der Waals surface area contributed by atoms with Crippen molar-refractivity contribution in [2.45, 2.75) is 72.3 Å². The minimum Gasteiger partial charge on any atom is -0.301 e. The first-order chi connectivity index (χ1) is 7.63. The highest BCUT2D eigenvalue weighted by atomic mass is 15.1. The predicted octanol–water partition coefficient (Wildman–Crippen LogP) is 4.32. The molecule has 0 amide bonds. The highest BCUT2D eigenvalue weighted by Crippen LogP contribution is 2.23. The van der Waals surface area contributed by atoms with Crippen LogP contribution >= 0.6 is 0 Å². The van der Waals surface area contributed by atoms with E-state index in [1.54, 1.807) is 0 Å². The molecule has 0 aliphatic carbocycles. The molecule has 0 aromatic rings. The quantitative estimate of drug-likeness (QED) is 0.676. The zero-order valence-electron chi connectivity index (χ0n) is 11.8. The Kier molecular flexibility index (Phi) is 6.41. The highest BCUT2D eigenvalue weighted by molar-refractivity contribution is 4.72. The second-order valence-corrected chi connectivity index (χ2v) is 6.04. The Morgan fingerprint density at radius 1 is 0.875 bits per heavy atom. The van der Waals surface area contributed by atoms with E-state index >= 15 is 0 Å². The van der Waals surface area contributed by atoms with E-state index in [9.17, 15) is 0 Å². The molecule has 0 spiro atoms. The zero-order chi connectivity index (χ0) is 12.0. The Hall–Kier alpha value is -0.0400. The fourth-order valence-electron chi connectivity index (χ4n) is 2.79. The molecule has 0 aromatic carbocycles. The van der Waals surface area contributed by atoms with Crippen LogP contribution in [0.5, 0.6) is 0 Å². The summed E-state index contributed by atoms with van der Waals surface area (Å²) in [4.78, 5) is 2.72. The van der Waals surface area contributed by atoms with Crippen LogP contribution in [0.25, 0.3) is 0 Å². The lowest BCUT2D eigenvalue weighted by Crippen LogP contribution is -2.36. The molecule has 0 saturated carbocycles. The van der Waals surface area contributed by atoms with Crippen molar-refractivity contribution in [1.82, 2.24) is 4.90 Å². The molecule has 1 heterocycles. The Bertz CT molecular complexity index is 178. The third kappa shape index (κ3) is 4.86. The largest absolute Gasteiger partial charge is 0.301 e. The van der Waals surface area contributed by atoms with Gasteiger partial charge < -0.3 is 4.90 Å². The monoisotopic (exact) mass is 225 g/mol. The standard InChI is InChI=1S/C15H31N/c1-5-11-16-12-10-14(3)7-6-13(2)8-9-15(16)4/h13-15H,5-12H2,1-4H3. The van der Waals surface area contributed by atoms with Gasteiger partial charge in [-0.1, -0.05) is 33.6 Å². The number of hydrogen-bond acceptors (Lipinski definition) is 1. The molecule has 3 unspecified atom stereocenters. The van der Waals surface area contributed by atoms with E-state index in [-0.39, 0.29) is 0 Å². The molecule has 1 heteroatoms. The van der Waals surface area contributed by atoms with Crippen LogP contribution in [-0.2, 0) is 0 Å². The summed E-state index contributed by atoms with van der Waals surface area (Å²) in [5.41, 5.74) is 0. The summed E-state index contributed by atoms with van der Waals surface area (Å²) in [5.74, 6) is 1.86. The van der Waals surface area contributed by atoms with E-state index in [2.05, 4.69) is 32.6 Å². The Morgan fingerprint density at radius 2 is 1.44 bits per heavy atom. The maximum absolute atomic E-state index is 2.72. The summed E-state index contributed by atoms with van der Waals surface area (Å²) in [6, 6.07) is 0.799. The van der Waals surface area contributed by atoms with Crippen LogP contribution in [0.15, 0.2) is 0 Å². The molecule has 3 atom stereocenters. The van der Waals surface area contributed by atoms with Gasteiger partial charge in [-0.2, -0.15) is 0 Å². The van der Waals surface area contributed by atoms with Crippen LogP contribution in [0.4, 0.5) is 0 Å². The van der Waals surface area contributed by atoms with Gasteiger partial charge in [0.1, 0.15) is 0 Å². The topological polar surface area (TPSA) is 3.24 Å². The van der Waals surface area contributed by atoms with Gasteiger partial charge >= 0.3 is 0 Å². The highest BCUT2D eigenvalue weighted by Gasteiger charge is 2.17. The minimum absolute atomic E-state index is 0.799. The molecule has 0 N–H and O–H groups in total. The van der Waals surface area contributed by atoms with Crippen molar-refractivity contribution >= 4 is 0 Å². The fraction of sp³-hybridized carbons (Fsp3) is 1.00. The third-order valence-electron chi connectivity index (χ3n) is 4.27. The number of nitrogens with zero attached hydrogens (tertiary/aromatic N) is 1. The average molecular weight is 225 g/mol. The first kappa shape index (κ1) is 14.0. The Labute approximate surface area is 103 Å². The van der Waals surface area contributed by atoms with Crippen molar-refractivity contribution in [3.8, 4) is 0 Å². The van der Waals surface area contributed by atoms with Crippen molar-refractivity contribution in [2.75, 3.05) is 13.1 Å². The summed E-state index contributed by atoms with van der Waals surface area (Å²) in [6.45, 7) is 12.2.